The van der Waals surface area contributed by atoms with Crippen LogP contribution in [-0.2, 0) is 10.0 Å². The number of aromatic nitrogens is 2. The number of benzene rings is 2. The van der Waals surface area contributed by atoms with Gasteiger partial charge in [-0.3, -0.25) is 0 Å². The van der Waals surface area contributed by atoms with Crippen LogP contribution in [0.4, 0.5) is 17.2 Å². The summed E-state index contributed by atoms with van der Waals surface area (Å²) < 4.78 is 28.5. The Hall–Kier alpha value is -3.61. The highest BCUT2D eigenvalue weighted by Gasteiger charge is 2.37. The smallest absolute Gasteiger partial charge is 0.270 e. The zero-order valence-corrected chi connectivity index (χ0v) is 17.9. The maximum atomic E-state index is 13.6. The molecule has 0 radical (unpaired) electrons. The van der Waals surface area contributed by atoms with Crippen LogP contribution >= 0.6 is 11.6 Å². The lowest BCUT2D eigenvalue weighted by Gasteiger charge is -2.34. The summed E-state index contributed by atoms with van der Waals surface area (Å²) in [6, 6.07) is 15.0. The van der Waals surface area contributed by atoms with Gasteiger partial charge in [-0.05, 0) is 36.8 Å². The highest BCUT2D eigenvalue weighted by atomic mass is 35.5. The molecule has 0 amide bonds. The monoisotopic (exact) mass is 452 g/mol. The van der Waals surface area contributed by atoms with E-state index < -0.39 is 16.1 Å². The van der Waals surface area contributed by atoms with Crippen LogP contribution in [0.15, 0.2) is 65.5 Å². The number of nitriles is 1. The lowest BCUT2D eigenvalue weighted by molar-refractivity contribution is 0.592. The Kier molecular flexibility index (Phi) is 5.27. The van der Waals surface area contributed by atoms with Crippen LogP contribution in [0.3, 0.4) is 0 Å². The molecular weight excluding hydrogens is 436 g/mol. The minimum absolute atomic E-state index is 0.0342. The number of nitrogen functional groups attached to an aromatic ring is 1. The Morgan fingerprint density at radius 1 is 1.16 bits per heavy atom. The number of hydrogen-bond acceptors (Lipinski definition) is 7. The summed E-state index contributed by atoms with van der Waals surface area (Å²) in [4.78, 5) is 7.98. The number of halogens is 1. The van der Waals surface area contributed by atoms with Crippen molar-refractivity contribution in [1.82, 2.24) is 9.97 Å². The molecular formula is C21H17ClN6O2S. The predicted molar refractivity (Wildman–Crippen MR) is 120 cm³/mol. The molecule has 3 aromatic rings. The summed E-state index contributed by atoms with van der Waals surface area (Å²) in [6.07, 6.45) is 2.98. The normalized spacial score (nSPS) is 15.4. The largest absolute Gasteiger partial charge is 0.393 e. The van der Waals surface area contributed by atoms with Gasteiger partial charge in [0, 0.05) is 0 Å². The third kappa shape index (κ3) is 3.56. The summed E-state index contributed by atoms with van der Waals surface area (Å²) >= 11 is 6.28. The highest BCUT2D eigenvalue weighted by molar-refractivity contribution is 7.93. The van der Waals surface area contributed by atoms with Crippen molar-refractivity contribution >= 4 is 44.9 Å². The molecule has 31 heavy (non-hydrogen) atoms. The van der Waals surface area contributed by atoms with E-state index in [1.165, 1.54) is 10.6 Å². The number of rotatable bonds is 4. The first-order valence-corrected chi connectivity index (χ1v) is 11.0. The molecule has 0 saturated carbocycles. The number of anilines is 3. The Bertz CT molecular complexity index is 1340. The lowest BCUT2D eigenvalue weighted by Crippen LogP contribution is -2.40. The van der Waals surface area contributed by atoms with E-state index in [0.29, 0.717) is 16.9 Å². The Morgan fingerprint density at radius 3 is 2.61 bits per heavy atom. The Labute approximate surface area is 184 Å². The van der Waals surface area contributed by atoms with Crippen LogP contribution in [0.1, 0.15) is 18.2 Å². The van der Waals surface area contributed by atoms with Crippen molar-refractivity contribution in [3.05, 3.63) is 76.8 Å². The average molecular weight is 453 g/mol. The fraction of sp³-hybridized carbons (Fsp3) is 0.0952. The maximum Gasteiger partial charge on any atom is 0.270 e. The van der Waals surface area contributed by atoms with Crippen LogP contribution in [0.2, 0.25) is 5.02 Å². The van der Waals surface area contributed by atoms with Gasteiger partial charge in [-0.25, -0.2) is 22.7 Å². The van der Waals surface area contributed by atoms with E-state index in [9.17, 15) is 8.42 Å². The van der Waals surface area contributed by atoms with Gasteiger partial charge < -0.3 is 11.1 Å². The molecule has 1 atom stereocenters. The molecule has 0 bridgehead atoms. The van der Waals surface area contributed by atoms with Gasteiger partial charge >= 0.3 is 0 Å². The standard InChI is InChI=1S/C21H17ClN6O2S/c1-13(27-21-19(24)17(11-23)25-12-26-21)18-10-14-6-5-9-16(22)20(14)31(29,30)28(18)15-7-3-2-4-8-15/h2-10,12-13H,24H2,1H3,(H,25,26,27)/t13-/m0/s1. The van der Waals surface area contributed by atoms with Gasteiger partial charge in [0.25, 0.3) is 10.0 Å². The molecule has 1 aliphatic rings. The molecule has 0 aliphatic carbocycles. The van der Waals surface area contributed by atoms with Crippen molar-refractivity contribution in [3.8, 4) is 6.07 Å². The van der Waals surface area contributed by atoms with Crippen LogP contribution in [-0.4, -0.2) is 24.4 Å². The third-order valence-electron chi connectivity index (χ3n) is 4.81. The van der Waals surface area contributed by atoms with E-state index in [4.69, 9.17) is 22.6 Å². The van der Waals surface area contributed by atoms with E-state index in [0.717, 1.165) is 0 Å². The molecule has 0 spiro atoms. The van der Waals surface area contributed by atoms with Gasteiger partial charge in [-0.15, -0.1) is 0 Å². The molecule has 0 unspecified atom stereocenters. The van der Waals surface area contributed by atoms with Crippen LogP contribution in [0.25, 0.3) is 6.08 Å². The molecule has 4 rings (SSSR count). The molecule has 156 valence electrons. The number of nitrogens with one attached hydrogen (secondary N) is 1. The number of sulfonamides is 1. The van der Waals surface area contributed by atoms with E-state index in [-0.39, 0.29) is 27.1 Å². The van der Waals surface area contributed by atoms with E-state index in [1.807, 2.05) is 6.07 Å². The summed E-state index contributed by atoms with van der Waals surface area (Å²) in [7, 11) is -4.00. The first-order valence-electron chi connectivity index (χ1n) is 9.22. The van der Waals surface area contributed by atoms with Crippen molar-refractivity contribution in [2.45, 2.75) is 17.9 Å². The summed E-state index contributed by atoms with van der Waals surface area (Å²) in [5, 5.41) is 12.4. The summed E-state index contributed by atoms with van der Waals surface area (Å²) in [5.41, 5.74) is 7.50. The SMILES string of the molecule is C[C@H](Nc1ncnc(C#N)c1N)C1=Cc2cccc(Cl)c2S(=O)(=O)N1c1ccccc1. The minimum atomic E-state index is -4.00. The first-order chi connectivity index (χ1) is 14.8. The van der Waals surface area contributed by atoms with Crippen LogP contribution < -0.4 is 15.4 Å². The van der Waals surface area contributed by atoms with Crippen molar-refractivity contribution in [2.75, 3.05) is 15.4 Å². The topological polar surface area (TPSA) is 125 Å². The highest BCUT2D eigenvalue weighted by Crippen LogP contribution is 2.40. The fourth-order valence-electron chi connectivity index (χ4n) is 3.39. The Balaban J connectivity index is 1.87. The average Bonchev–Trinajstić information content (AvgIpc) is 2.75. The van der Waals surface area contributed by atoms with Crippen molar-refractivity contribution in [3.63, 3.8) is 0 Å². The predicted octanol–water partition coefficient (Wildman–Crippen LogP) is 3.63. The second kappa shape index (κ2) is 7.91. The second-order valence-electron chi connectivity index (χ2n) is 6.79. The molecule has 2 aromatic carbocycles. The molecule has 3 N–H and O–H groups in total. The van der Waals surface area contributed by atoms with Crippen LogP contribution in [0.5, 0.6) is 0 Å². The molecule has 1 aromatic heterocycles. The van der Waals surface area contributed by atoms with Crippen LogP contribution in [0, 0.1) is 11.3 Å². The quantitative estimate of drug-likeness (QED) is 0.619. The molecule has 2 heterocycles. The number of nitrogens with two attached hydrogens (primary N) is 1. The maximum absolute atomic E-state index is 13.6. The van der Waals surface area contributed by atoms with Crippen molar-refractivity contribution in [2.24, 2.45) is 0 Å². The number of nitrogens with zero attached hydrogens (tertiary/aromatic N) is 4. The van der Waals surface area contributed by atoms with Crippen molar-refractivity contribution < 1.29 is 8.42 Å². The first kappa shape index (κ1) is 20.7. The fourth-order valence-corrected chi connectivity index (χ4v) is 5.67. The molecule has 10 heteroatoms. The minimum Gasteiger partial charge on any atom is -0.393 e. The van der Waals surface area contributed by atoms with Gasteiger partial charge in [-0.2, -0.15) is 5.26 Å². The zero-order valence-electron chi connectivity index (χ0n) is 16.3. The van der Waals surface area contributed by atoms with E-state index in [2.05, 4.69) is 15.3 Å². The molecule has 0 fully saturated rings. The lowest BCUT2D eigenvalue weighted by atomic mass is 10.1. The van der Waals surface area contributed by atoms with Gasteiger partial charge in [-0.1, -0.05) is 41.9 Å². The third-order valence-corrected chi connectivity index (χ3v) is 7.11. The Morgan fingerprint density at radius 2 is 1.90 bits per heavy atom. The van der Waals surface area contributed by atoms with Gasteiger partial charge in [0.1, 0.15) is 23.0 Å². The van der Waals surface area contributed by atoms with Gasteiger partial charge in [0.2, 0.25) is 0 Å². The molecule has 8 nitrogen and oxygen atoms in total. The number of hydrogen-bond donors (Lipinski definition) is 2. The number of para-hydroxylation sites is 1. The van der Waals surface area contributed by atoms with Crippen molar-refractivity contribution in [1.29, 1.82) is 5.26 Å². The van der Waals surface area contributed by atoms with E-state index >= 15 is 0 Å². The molecule has 1 aliphatic heterocycles. The van der Waals surface area contributed by atoms with Gasteiger partial charge in [0.05, 0.1) is 22.4 Å². The summed E-state index contributed by atoms with van der Waals surface area (Å²) in [5.74, 6) is 0.238. The zero-order chi connectivity index (χ0) is 22.2. The summed E-state index contributed by atoms with van der Waals surface area (Å²) in [6.45, 7) is 1.78. The van der Waals surface area contributed by atoms with E-state index in [1.54, 1.807) is 61.5 Å². The second-order valence-corrected chi connectivity index (χ2v) is 8.93. The number of fused-ring (bicyclic) bond motifs is 1. The van der Waals surface area contributed by atoms with Gasteiger partial charge in [0.15, 0.2) is 11.5 Å². The molecule has 0 saturated heterocycles.